The van der Waals surface area contributed by atoms with E-state index in [2.05, 4.69) is 4.72 Å². The standard InChI is InChI=1S/C9H16N2O4S2/c1-2-8(6-10)17(14,15)11-7-9-4-3-5-16(9,12)13/h8-9,11H,2-5,7H2,1H3. The van der Waals surface area contributed by atoms with Gasteiger partial charge in [-0.25, -0.2) is 21.6 Å². The first-order valence-corrected chi connectivity index (χ1v) is 8.69. The minimum Gasteiger partial charge on any atom is -0.229 e. The van der Waals surface area contributed by atoms with E-state index in [1.165, 1.54) is 0 Å². The molecule has 2 unspecified atom stereocenters. The smallest absolute Gasteiger partial charge is 0.228 e. The van der Waals surface area contributed by atoms with Gasteiger partial charge in [-0.05, 0) is 19.3 Å². The van der Waals surface area contributed by atoms with Crippen molar-refractivity contribution in [3.63, 3.8) is 0 Å². The van der Waals surface area contributed by atoms with E-state index in [-0.39, 0.29) is 18.7 Å². The fourth-order valence-electron chi connectivity index (χ4n) is 1.78. The van der Waals surface area contributed by atoms with Crippen molar-refractivity contribution in [2.24, 2.45) is 0 Å². The SMILES string of the molecule is CCC(C#N)S(=O)(=O)NCC1CCCS1(=O)=O. The van der Waals surface area contributed by atoms with Crippen LogP contribution in [0.4, 0.5) is 0 Å². The largest absolute Gasteiger partial charge is 0.229 e. The zero-order valence-corrected chi connectivity index (χ0v) is 11.2. The van der Waals surface area contributed by atoms with E-state index in [1.807, 2.05) is 0 Å². The lowest BCUT2D eigenvalue weighted by Gasteiger charge is -2.13. The lowest BCUT2D eigenvalue weighted by atomic mass is 10.2. The number of hydrogen-bond donors (Lipinski definition) is 1. The maximum atomic E-state index is 11.6. The first-order valence-electron chi connectivity index (χ1n) is 5.43. The number of sulfone groups is 1. The van der Waals surface area contributed by atoms with Crippen LogP contribution in [0.2, 0.25) is 0 Å². The number of nitrogens with one attached hydrogen (secondary N) is 1. The lowest BCUT2D eigenvalue weighted by molar-refractivity contribution is 0.564. The van der Waals surface area contributed by atoms with Gasteiger partial charge in [0.1, 0.15) is 0 Å². The molecule has 1 heterocycles. The third kappa shape index (κ3) is 3.40. The van der Waals surface area contributed by atoms with Crippen molar-refractivity contribution in [2.45, 2.75) is 36.7 Å². The highest BCUT2D eigenvalue weighted by atomic mass is 32.2. The van der Waals surface area contributed by atoms with Crippen LogP contribution in [0.3, 0.4) is 0 Å². The van der Waals surface area contributed by atoms with Gasteiger partial charge in [-0.3, -0.25) is 0 Å². The number of nitrogens with zero attached hydrogens (tertiary/aromatic N) is 1. The van der Waals surface area contributed by atoms with Crippen molar-refractivity contribution < 1.29 is 16.8 Å². The van der Waals surface area contributed by atoms with Crippen LogP contribution in [0, 0.1) is 11.3 Å². The van der Waals surface area contributed by atoms with Gasteiger partial charge in [-0.15, -0.1) is 0 Å². The van der Waals surface area contributed by atoms with Gasteiger partial charge in [-0.2, -0.15) is 5.26 Å². The molecule has 1 rings (SSSR count). The molecule has 1 aliphatic rings. The Balaban J connectivity index is 2.66. The summed E-state index contributed by atoms with van der Waals surface area (Å²) in [4.78, 5) is 0. The molecule has 1 saturated heterocycles. The van der Waals surface area contributed by atoms with Gasteiger partial charge in [0.15, 0.2) is 15.1 Å². The van der Waals surface area contributed by atoms with Crippen molar-refractivity contribution >= 4 is 19.9 Å². The molecule has 8 heteroatoms. The highest BCUT2D eigenvalue weighted by molar-refractivity contribution is 7.92. The molecular formula is C9H16N2O4S2. The zero-order valence-electron chi connectivity index (χ0n) is 9.59. The molecular weight excluding hydrogens is 264 g/mol. The van der Waals surface area contributed by atoms with Gasteiger partial charge in [-0.1, -0.05) is 6.92 Å². The summed E-state index contributed by atoms with van der Waals surface area (Å²) in [6.07, 6.45) is 1.24. The van der Waals surface area contributed by atoms with E-state index in [9.17, 15) is 16.8 Å². The van der Waals surface area contributed by atoms with Crippen LogP contribution in [-0.4, -0.2) is 39.6 Å². The third-order valence-electron chi connectivity index (χ3n) is 2.86. The molecule has 0 radical (unpaired) electrons. The molecule has 0 saturated carbocycles. The molecule has 1 fully saturated rings. The Labute approximate surface area is 102 Å². The zero-order chi connectivity index (χ0) is 13.1. The summed E-state index contributed by atoms with van der Waals surface area (Å²) < 4.78 is 48.5. The first-order chi connectivity index (χ1) is 7.83. The predicted octanol–water partition coefficient (Wildman–Crippen LogP) is -0.215. The maximum Gasteiger partial charge on any atom is 0.228 e. The fraction of sp³-hybridized carbons (Fsp3) is 0.889. The topological polar surface area (TPSA) is 104 Å². The van der Waals surface area contributed by atoms with E-state index in [4.69, 9.17) is 5.26 Å². The van der Waals surface area contributed by atoms with Gasteiger partial charge in [0.2, 0.25) is 10.0 Å². The molecule has 0 aromatic heterocycles. The molecule has 0 spiro atoms. The van der Waals surface area contributed by atoms with Crippen LogP contribution in [0.15, 0.2) is 0 Å². The van der Waals surface area contributed by atoms with Gasteiger partial charge in [0.25, 0.3) is 0 Å². The minimum absolute atomic E-state index is 0.120. The van der Waals surface area contributed by atoms with E-state index >= 15 is 0 Å². The molecule has 0 amide bonds. The second-order valence-electron chi connectivity index (χ2n) is 4.05. The van der Waals surface area contributed by atoms with Crippen molar-refractivity contribution in [3.05, 3.63) is 0 Å². The van der Waals surface area contributed by atoms with Crippen LogP contribution in [0.25, 0.3) is 0 Å². The molecule has 0 bridgehead atoms. The average Bonchev–Trinajstić information content (AvgIpc) is 2.56. The van der Waals surface area contributed by atoms with E-state index in [0.717, 1.165) is 0 Å². The number of nitriles is 1. The van der Waals surface area contributed by atoms with Crippen LogP contribution >= 0.6 is 0 Å². The molecule has 1 aliphatic heterocycles. The molecule has 0 aliphatic carbocycles. The Morgan fingerprint density at radius 3 is 2.59 bits per heavy atom. The highest BCUT2D eigenvalue weighted by Crippen LogP contribution is 2.19. The summed E-state index contributed by atoms with van der Waals surface area (Å²) in [6.45, 7) is 1.47. The first kappa shape index (κ1) is 14.4. The quantitative estimate of drug-likeness (QED) is 0.750. The number of sulfonamides is 1. The van der Waals surface area contributed by atoms with Gasteiger partial charge in [0, 0.05) is 6.54 Å². The average molecular weight is 280 g/mol. The van der Waals surface area contributed by atoms with Crippen molar-refractivity contribution in [2.75, 3.05) is 12.3 Å². The summed E-state index contributed by atoms with van der Waals surface area (Å²) >= 11 is 0. The van der Waals surface area contributed by atoms with Crippen LogP contribution < -0.4 is 4.72 Å². The molecule has 17 heavy (non-hydrogen) atoms. The summed E-state index contributed by atoms with van der Waals surface area (Å²) in [5.41, 5.74) is 0. The number of hydrogen-bond acceptors (Lipinski definition) is 5. The van der Waals surface area contributed by atoms with Crippen molar-refractivity contribution in [3.8, 4) is 6.07 Å². The van der Waals surface area contributed by atoms with Crippen LogP contribution in [-0.2, 0) is 19.9 Å². The summed E-state index contributed by atoms with van der Waals surface area (Å²) in [6, 6.07) is 1.69. The van der Waals surface area contributed by atoms with E-state index in [0.29, 0.717) is 12.8 Å². The second-order valence-corrected chi connectivity index (χ2v) is 8.40. The molecule has 2 atom stereocenters. The lowest BCUT2D eigenvalue weighted by Crippen LogP contribution is -2.39. The summed E-state index contributed by atoms with van der Waals surface area (Å²) in [5, 5.41) is 6.91. The predicted molar refractivity (Wildman–Crippen MR) is 63.4 cm³/mol. The molecule has 0 aromatic carbocycles. The maximum absolute atomic E-state index is 11.6. The van der Waals surface area contributed by atoms with E-state index < -0.39 is 30.4 Å². The normalized spacial score (nSPS) is 25.3. The van der Waals surface area contributed by atoms with Gasteiger partial charge < -0.3 is 0 Å². The molecule has 6 nitrogen and oxygen atoms in total. The van der Waals surface area contributed by atoms with Crippen LogP contribution in [0.5, 0.6) is 0 Å². The Morgan fingerprint density at radius 1 is 1.53 bits per heavy atom. The Bertz CT molecular complexity index is 504. The number of rotatable bonds is 5. The molecule has 0 aromatic rings. The molecule has 98 valence electrons. The van der Waals surface area contributed by atoms with Crippen molar-refractivity contribution in [1.82, 2.24) is 4.72 Å². The Morgan fingerprint density at radius 2 is 2.18 bits per heavy atom. The van der Waals surface area contributed by atoms with Gasteiger partial charge >= 0.3 is 0 Å². The third-order valence-corrected chi connectivity index (χ3v) is 6.90. The summed E-state index contributed by atoms with van der Waals surface area (Å²) in [7, 11) is -6.89. The molecule has 1 N–H and O–H groups in total. The second kappa shape index (κ2) is 5.33. The van der Waals surface area contributed by atoms with Crippen molar-refractivity contribution in [1.29, 1.82) is 5.26 Å². The Kier molecular flexibility index (Phi) is 4.52. The monoisotopic (exact) mass is 280 g/mol. The minimum atomic E-state index is -3.74. The Hall–Kier alpha value is -0.650. The summed E-state index contributed by atoms with van der Waals surface area (Å²) in [5.74, 6) is 0.120. The van der Waals surface area contributed by atoms with E-state index in [1.54, 1.807) is 13.0 Å². The van der Waals surface area contributed by atoms with Crippen LogP contribution in [0.1, 0.15) is 26.2 Å². The fourth-order valence-corrected chi connectivity index (χ4v) is 4.86. The highest BCUT2D eigenvalue weighted by Gasteiger charge is 2.33. The van der Waals surface area contributed by atoms with Gasteiger partial charge in [0.05, 0.1) is 17.1 Å².